The van der Waals surface area contributed by atoms with Crippen LogP contribution >= 0.6 is 0 Å². The summed E-state index contributed by atoms with van der Waals surface area (Å²) in [7, 11) is 0. The zero-order valence-corrected chi connectivity index (χ0v) is 12.4. The number of hydrogen-bond acceptors (Lipinski definition) is 3. The summed E-state index contributed by atoms with van der Waals surface area (Å²) in [6.07, 6.45) is 2.12. The van der Waals surface area contributed by atoms with Gasteiger partial charge in [0, 0.05) is 18.8 Å². The second-order valence-electron chi connectivity index (χ2n) is 5.74. The molecule has 0 aromatic heterocycles. The first kappa shape index (κ1) is 15.0. The Kier molecular flexibility index (Phi) is 5.15. The van der Waals surface area contributed by atoms with E-state index >= 15 is 0 Å². The molecule has 1 atom stereocenters. The van der Waals surface area contributed by atoms with Gasteiger partial charge in [0.25, 0.3) is 0 Å². The number of benzene rings is 1. The number of hydrogen-bond donors (Lipinski definition) is 2. The number of anilines is 1. The van der Waals surface area contributed by atoms with E-state index in [0.717, 1.165) is 42.7 Å². The molecule has 1 aliphatic rings. The molecule has 1 aromatic carbocycles. The summed E-state index contributed by atoms with van der Waals surface area (Å²) in [6.45, 7) is 6.39. The fourth-order valence-corrected chi connectivity index (χ4v) is 2.84. The Morgan fingerprint density at radius 3 is 2.75 bits per heavy atom. The van der Waals surface area contributed by atoms with Crippen LogP contribution in [0.5, 0.6) is 0 Å². The van der Waals surface area contributed by atoms with Crippen molar-refractivity contribution in [3.05, 3.63) is 29.3 Å². The third-order valence-corrected chi connectivity index (χ3v) is 3.97. The summed E-state index contributed by atoms with van der Waals surface area (Å²) in [6, 6.07) is 6.01. The van der Waals surface area contributed by atoms with Crippen molar-refractivity contribution in [1.29, 1.82) is 0 Å². The summed E-state index contributed by atoms with van der Waals surface area (Å²) >= 11 is 0. The van der Waals surface area contributed by atoms with Gasteiger partial charge in [-0.05, 0) is 50.3 Å². The first-order valence-corrected chi connectivity index (χ1v) is 7.29. The van der Waals surface area contributed by atoms with Crippen LogP contribution in [0, 0.1) is 19.8 Å². The molecule has 2 N–H and O–H groups in total. The highest BCUT2D eigenvalue weighted by Gasteiger charge is 2.21. The van der Waals surface area contributed by atoms with Crippen LogP contribution in [0.15, 0.2) is 18.2 Å². The Morgan fingerprint density at radius 2 is 2.10 bits per heavy atom. The average molecular weight is 276 g/mol. The lowest BCUT2D eigenvalue weighted by atomic mass is 9.99. The minimum Gasteiger partial charge on any atom is -0.396 e. The van der Waals surface area contributed by atoms with Gasteiger partial charge in [-0.2, -0.15) is 0 Å². The second kappa shape index (κ2) is 6.86. The fourth-order valence-electron chi connectivity index (χ4n) is 2.84. The summed E-state index contributed by atoms with van der Waals surface area (Å²) in [5.41, 5.74) is 3.10. The van der Waals surface area contributed by atoms with E-state index in [1.165, 1.54) is 0 Å². The maximum absolute atomic E-state index is 12.2. The molecule has 2 rings (SSSR count). The van der Waals surface area contributed by atoms with Crippen LogP contribution in [0.3, 0.4) is 0 Å². The van der Waals surface area contributed by atoms with Crippen molar-refractivity contribution in [3.63, 3.8) is 0 Å². The van der Waals surface area contributed by atoms with Crippen molar-refractivity contribution < 1.29 is 9.90 Å². The lowest BCUT2D eigenvalue weighted by Crippen LogP contribution is -2.41. The van der Waals surface area contributed by atoms with Gasteiger partial charge in [-0.3, -0.25) is 9.69 Å². The number of rotatable bonds is 4. The van der Waals surface area contributed by atoms with Gasteiger partial charge in [-0.25, -0.2) is 0 Å². The number of aliphatic hydroxyl groups excluding tert-OH is 1. The number of aryl methyl sites for hydroxylation is 2. The van der Waals surface area contributed by atoms with Crippen LogP contribution in [0.25, 0.3) is 0 Å². The highest BCUT2D eigenvalue weighted by molar-refractivity contribution is 5.93. The van der Waals surface area contributed by atoms with Crippen LogP contribution in [-0.4, -0.2) is 42.2 Å². The van der Waals surface area contributed by atoms with Gasteiger partial charge in [-0.1, -0.05) is 18.2 Å². The molecule has 0 bridgehead atoms. The minimum absolute atomic E-state index is 0.0287. The molecule has 1 amide bonds. The SMILES string of the molecule is Cc1cccc(C)c1NC(=O)CN1CCCC(CO)C1. The monoisotopic (exact) mass is 276 g/mol. The van der Waals surface area contributed by atoms with Gasteiger partial charge in [0.2, 0.25) is 5.91 Å². The Labute approximate surface area is 120 Å². The molecule has 1 aromatic rings. The molecule has 0 spiro atoms. The smallest absolute Gasteiger partial charge is 0.238 e. The molecule has 1 heterocycles. The standard InChI is InChI=1S/C16H24N2O2/c1-12-5-3-6-13(2)16(12)17-15(20)10-18-8-4-7-14(9-18)11-19/h3,5-6,14,19H,4,7-11H2,1-2H3,(H,17,20). The third-order valence-electron chi connectivity index (χ3n) is 3.97. The quantitative estimate of drug-likeness (QED) is 0.883. The number of likely N-dealkylation sites (tertiary alicyclic amines) is 1. The molecule has 110 valence electrons. The molecule has 0 saturated carbocycles. The van der Waals surface area contributed by atoms with E-state index in [1.807, 2.05) is 32.0 Å². The van der Waals surface area contributed by atoms with Gasteiger partial charge >= 0.3 is 0 Å². The van der Waals surface area contributed by atoms with Gasteiger partial charge < -0.3 is 10.4 Å². The lowest BCUT2D eigenvalue weighted by Gasteiger charge is -2.31. The maximum Gasteiger partial charge on any atom is 0.238 e. The number of nitrogens with one attached hydrogen (secondary N) is 1. The zero-order valence-electron chi connectivity index (χ0n) is 12.4. The van der Waals surface area contributed by atoms with Crippen LogP contribution in [0.2, 0.25) is 0 Å². The van der Waals surface area contributed by atoms with Crippen molar-refractivity contribution in [2.24, 2.45) is 5.92 Å². The minimum atomic E-state index is 0.0287. The van der Waals surface area contributed by atoms with Gasteiger partial charge in [0.05, 0.1) is 6.54 Å². The number of carbonyl (C=O) groups is 1. The zero-order chi connectivity index (χ0) is 14.5. The topological polar surface area (TPSA) is 52.6 Å². The molecule has 1 aliphatic heterocycles. The van der Waals surface area contributed by atoms with Crippen molar-refractivity contribution in [3.8, 4) is 0 Å². The lowest BCUT2D eigenvalue weighted by molar-refractivity contribution is -0.117. The molecule has 0 aliphatic carbocycles. The number of aliphatic hydroxyl groups is 1. The third kappa shape index (κ3) is 3.81. The van der Waals surface area contributed by atoms with E-state index in [1.54, 1.807) is 0 Å². The van der Waals surface area contributed by atoms with Crippen LogP contribution in [0.1, 0.15) is 24.0 Å². The Morgan fingerprint density at radius 1 is 1.40 bits per heavy atom. The van der Waals surface area contributed by atoms with E-state index in [4.69, 9.17) is 0 Å². The van der Waals surface area contributed by atoms with Gasteiger partial charge in [-0.15, -0.1) is 0 Å². The van der Waals surface area contributed by atoms with Crippen molar-refractivity contribution in [1.82, 2.24) is 4.90 Å². The number of amides is 1. The highest BCUT2D eigenvalue weighted by Crippen LogP contribution is 2.20. The number of carbonyl (C=O) groups excluding carboxylic acids is 1. The molecule has 1 fully saturated rings. The molecule has 4 nitrogen and oxygen atoms in total. The second-order valence-corrected chi connectivity index (χ2v) is 5.74. The summed E-state index contributed by atoms with van der Waals surface area (Å²) in [4.78, 5) is 14.3. The number of para-hydroxylation sites is 1. The van der Waals surface area contributed by atoms with E-state index in [0.29, 0.717) is 12.5 Å². The van der Waals surface area contributed by atoms with Gasteiger partial charge in [0.1, 0.15) is 0 Å². The largest absolute Gasteiger partial charge is 0.396 e. The van der Waals surface area contributed by atoms with E-state index in [-0.39, 0.29) is 12.5 Å². The van der Waals surface area contributed by atoms with Gasteiger partial charge in [0.15, 0.2) is 0 Å². The Bertz CT molecular complexity index is 453. The molecule has 20 heavy (non-hydrogen) atoms. The Hall–Kier alpha value is -1.39. The molecular weight excluding hydrogens is 252 g/mol. The fraction of sp³-hybridized carbons (Fsp3) is 0.562. The predicted octanol–water partition coefficient (Wildman–Crippen LogP) is 1.95. The van der Waals surface area contributed by atoms with Crippen molar-refractivity contribution in [2.75, 3.05) is 31.6 Å². The summed E-state index contributed by atoms with van der Waals surface area (Å²) < 4.78 is 0. The molecule has 4 heteroatoms. The summed E-state index contributed by atoms with van der Waals surface area (Å²) in [5.74, 6) is 0.345. The van der Waals surface area contributed by atoms with Crippen LogP contribution in [-0.2, 0) is 4.79 Å². The Balaban J connectivity index is 1.92. The first-order chi connectivity index (χ1) is 9.60. The highest BCUT2D eigenvalue weighted by atomic mass is 16.3. The normalized spacial score (nSPS) is 19.9. The molecular formula is C16H24N2O2. The van der Waals surface area contributed by atoms with Crippen LogP contribution < -0.4 is 5.32 Å². The summed E-state index contributed by atoms with van der Waals surface area (Å²) in [5, 5.41) is 12.2. The number of piperidine rings is 1. The van der Waals surface area contributed by atoms with Crippen LogP contribution in [0.4, 0.5) is 5.69 Å². The van der Waals surface area contributed by atoms with E-state index in [9.17, 15) is 9.90 Å². The number of nitrogens with zero attached hydrogens (tertiary/aromatic N) is 1. The van der Waals surface area contributed by atoms with Crippen molar-refractivity contribution >= 4 is 11.6 Å². The predicted molar refractivity (Wildman–Crippen MR) is 80.8 cm³/mol. The molecule has 1 saturated heterocycles. The maximum atomic E-state index is 12.2. The average Bonchev–Trinajstić information content (AvgIpc) is 2.43. The van der Waals surface area contributed by atoms with E-state index < -0.39 is 0 Å². The molecule has 1 unspecified atom stereocenters. The van der Waals surface area contributed by atoms with Crippen molar-refractivity contribution in [2.45, 2.75) is 26.7 Å². The molecule has 0 radical (unpaired) electrons. The van der Waals surface area contributed by atoms with E-state index in [2.05, 4.69) is 10.2 Å². The first-order valence-electron chi connectivity index (χ1n) is 7.29.